The molecule has 1 amide bonds. The lowest BCUT2D eigenvalue weighted by Crippen LogP contribution is -2.26. The molecule has 2 aromatic carbocycles. The van der Waals surface area contributed by atoms with Gasteiger partial charge in [0.2, 0.25) is 6.10 Å². The number of carbonyl (C=O) groups is 2. The van der Waals surface area contributed by atoms with E-state index in [9.17, 15) is 9.59 Å². The zero-order valence-corrected chi connectivity index (χ0v) is 16.4. The van der Waals surface area contributed by atoms with E-state index in [1.807, 2.05) is 43.5 Å². The van der Waals surface area contributed by atoms with Gasteiger partial charge >= 0.3 is 5.97 Å². The lowest BCUT2D eigenvalue weighted by molar-refractivity contribution is -0.125. The van der Waals surface area contributed by atoms with Gasteiger partial charge < -0.3 is 10.1 Å². The quantitative estimate of drug-likeness (QED) is 0.489. The van der Waals surface area contributed by atoms with Gasteiger partial charge in [0, 0.05) is 17.4 Å². The van der Waals surface area contributed by atoms with Gasteiger partial charge in [0.1, 0.15) is 5.03 Å². The van der Waals surface area contributed by atoms with Gasteiger partial charge in [-0.15, -0.1) is 11.8 Å². The average Bonchev–Trinajstić information content (AvgIpc) is 2.74. The highest BCUT2D eigenvalue weighted by Gasteiger charge is 2.27. The first-order valence-electron chi connectivity index (χ1n) is 8.71. The lowest BCUT2D eigenvalue weighted by Gasteiger charge is -2.18. The Morgan fingerprint density at radius 3 is 2.39 bits per heavy atom. The number of amides is 1. The van der Waals surface area contributed by atoms with Crippen molar-refractivity contribution in [2.45, 2.75) is 18.1 Å². The first-order valence-corrected chi connectivity index (χ1v) is 9.93. The number of hydrogen-bond acceptors (Lipinski definition) is 5. The standard InChI is InChI=1S/C22H20N2O3S/c1-15-10-12-17(13-11-15)24-20(25)19(16-7-4-3-5-8-16)27-22(26)18-9-6-14-23-21(18)28-2/h3-14,19H,1-2H3,(H,24,25). The molecule has 6 heteroatoms. The van der Waals surface area contributed by atoms with E-state index in [4.69, 9.17) is 4.74 Å². The van der Waals surface area contributed by atoms with Crippen LogP contribution in [0, 0.1) is 6.92 Å². The van der Waals surface area contributed by atoms with Gasteiger partial charge in [-0.05, 0) is 37.4 Å². The molecule has 0 saturated carbocycles. The smallest absolute Gasteiger partial charge is 0.342 e. The summed E-state index contributed by atoms with van der Waals surface area (Å²) < 4.78 is 5.62. The zero-order valence-electron chi connectivity index (χ0n) is 15.6. The summed E-state index contributed by atoms with van der Waals surface area (Å²) >= 11 is 1.35. The second-order valence-corrected chi connectivity index (χ2v) is 6.91. The molecule has 0 saturated heterocycles. The predicted molar refractivity (Wildman–Crippen MR) is 110 cm³/mol. The van der Waals surface area contributed by atoms with Crippen LogP contribution in [-0.2, 0) is 9.53 Å². The number of ether oxygens (including phenoxy) is 1. The van der Waals surface area contributed by atoms with Crippen LogP contribution in [0.15, 0.2) is 78.0 Å². The summed E-state index contributed by atoms with van der Waals surface area (Å²) in [4.78, 5) is 29.8. The molecule has 1 atom stereocenters. The van der Waals surface area contributed by atoms with Crippen LogP contribution in [0.5, 0.6) is 0 Å². The van der Waals surface area contributed by atoms with E-state index in [1.165, 1.54) is 11.8 Å². The minimum Gasteiger partial charge on any atom is -0.444 e. The van der Waals surface area contributed by atoms with Crippen molar-refractivity contribution in [1.29, 1.82) is 0 Å². The van der Waals surface area contributed by atoms with E-state index in [-0.39, 0.29) is 0 Å². The van der Waals surface area contributed by atoms with Crippen LogP contribution in [0.2, 0.25) is 0 Å². The monoisotopic (exact) mass is 392 g/mol. The number of aryl methyl sites for hydroxylation is 1. The number of hydrogen-bond donors (Lipinski definition) is 1. The van der Waals surface area contributed by atoms with Crippen LogP contribution >= 0.6 is 11.8 Å². The Morgan fingerprint density at radius 1 is 1.00 bits per heavy atom. The number of carbonyl (C=O) groups excluding carboxylic acids is 2. The SMILES string of the molecule is CSc1ncccc1C(=O)OC(C(=O)Nc1ccc(C)cc1)c1ccccc1. The van der Waals surface area contributed by atoms with Crippen LogP contribution in [-0.4, -0.2) is 23.1 Å². The Balaban J connectivity index is 1.86. The molecular formula is C22H20N2O3S. The molecular weight excluding hydrogens is 372 g/mol. The van der Waals surface area contributed by atoms with Gasteiger partial charge in [-0.1, -0.05) is 48.0 Å². The third-order valence-corrected chi connectivity index (χ3v) is 4.78. The van der Waals surface area contributed by atoms with Crippen LogP contribution in [0.1, 0.15) is 27.6 Å². The Kier molecular flexibility index (Phi) is 6.45. The fourth-order valence-electron chi connectivity index (χ4n) is 2.62. The second-order valence-electron chi connectivity index (χ2n) is 6.11. The van der Waals surface area contributed by atoms with E-state index >= 15 is 0 Å². The molecule has 142 valence electrons. The number of esters is 1. The molecule has 0 aliphatic rings. The average molecular weight is 392 g/mol. The zero-order chi connectivity index (χ0) is 19.9. The summed E-state index contributed by atoms with van der Waals surface area (Å²) in [6.45, 7) is 1.97. The number of aromatic nitrogens is 1. The summed E-state index contributed by atoms with van der Waals surface area (Å²) in [6.07, 6.45) is 2.36. The van der Waals surface area contributed by atoms with E-state index < -0.39 is 18.0 Å². The van der Waals surface area contributed by atoms with Crippen molar-refractivity contribution in [3.05, 3.63) is 89.6 Å². The van der Waals surface area contributed by atoms with Gasteiger partial charge in [-0.25, -0.2) is 9.78 Å². The second kappa shape index (κ2) is 9.19. The third kappa shape index (κ3) is 4.78. The highest BCUT2D eigenvalue weighted by Crippen LogP contribution is 2.24. The molecule has 0 radical (unpaired) electrons. The number of nitrogens with zero attached hydrogens (tertiary/aromatic N) is 1. The lowest BCUT2D eigenvalue weighted by atomic mass is 10.1. The van der Waals surface area contributed by atoms with Crippen molar-refractivity contribution in [2.24, 2.45) is 0 Å². The largest absolute Gasteiger partial charge is 0.444 e. The van der Waals surface area contributed by atoms with E-state index in [0.29, 0.717) is 21.8 Å². The summed E-state index contributed by atoms with van der Waals surface area (Å²) in [5.41, 5.74) is 2.65. The summed E-state index contributed by atoms with van der Waals surface area (Å²) in [6, 6.07) is 19.7. The van der Waals surface area contributed by atoms with Crippen molar-refractivity contribution in [1.82, 2.24) is 4.98 Å². The molecule has 0 bridgehead atoms. The fourth-order valence-corrected chi connectivity index (χ4v) is 3.16. The van der Waals surface area contributed by atoms with Gasteiger partial charge in [-0.3, -0.25) is 4.79 Å². The van der Waals surface area contributed by atoms with Crippen molar-refractivity contribution in [3.8, 4) is 0 Å². The summed E-state index contributed by atoms with van der Waals surface area (Å²) in [5.74, 6) is -1.01. The maximum atomic E-state index is 12.9. The number of anilines is 1. The van der Waals surface area contributed by atoms with Crippen LogP contribution < -0.4 is 5.32 Å². The molecule has 1 N–H and O–H groups in total. The van der Waals surface area contributed by atoms with Crippen LogP contribution in [0.4, 0.5) is 5.69 Å². The molecule has 0 aliphatic heterocycles. The van der Waals surface area contributed by atoms with Crippen molar-refractivity contribution >= 4 is 29.3 Å². The van der Waals surface area contributed by atoms with Crippen molar-refractivity contribution in [3.63, 3.8) is 0 Å². The Morgan fingerprint density at radius 2 is 1.71 bits per heavy atom. The first kappa shape index (κ1) is 19.6. The summed E-state index contributed by atoms with van der Waals surface area (Å²) in [7, 11) is 0. The maximum absolute atomic E-state index is 12.9. The number of benzene rings is 2. The highest BCUT2D eigenvalue weighted by molar-refractivity contribution is 7.98. The number of nitrogens with one attached hydrogen (secondary N) is 1. The van der Waals surface area contributed by atoms with Gasteiger partial charge in [0.05, 0.1) is 5.56 Å². The van der Waals surface area contributed by atoms with Crippen molar-refractivity contribution < 1.29 is 14.3 Å². The van der Waals surface area contributed by atoms with E-state index in [0.717, 1.165) is 5.56 Å². The van der Waals surface area contributed by atoms with Crippen molar-refractivity contribution in [2.75, 3.05) is 11.6 Å². The maximum Gasteiger partial charge on any atom is 0.342 e. The number of pyridine rings is 1. The molecule has 1 unspecified atom stereocenters. The summed E-state index contributed by atoms with van der Waals surface area (Å²) in [5, 5.41) is 3.37. The third-order valence-electron chi connectivity index (χ3n) is 4.07. The van der Waals surface area contributed by atoms with Gasteiger partial charge in [0.15, 0.2) is 0 Å². The Labute approximate surface area is 168 Å². The molecule has 1 heterocycles. The number of rotatable bonds is 6. The normalized spacial score (nSPS) is 11.5. The Hall–Kier alpha value is -3.12. The fraction of sp³-hybridized carbons (Fsp3) is 0.136. The molecule has 0 fully saturated rings. The number of thioether (sulfide) groups is 1. The molecule has 0 spiro atoms. The molecule has 3 rings (SSSR count). The van der Waals surface area contributed by atoms with Crippen LogP contribution in [0.3, 0.4) is 0 Å². The van der Waals surface area contributed by atoms with E-state index in [1.54, 1.807) is 42.6 Å². The molecule has 28 heavy (non-hydrogen) atoms. The van der Waals surface area contributed by atoms with Gasteiger partial charge in [0.25, 0.3) is 5.91 Å². The predicted octanol–water partition coefficient (Wildman–Crippen LogP) is 4.65. The highest BCUT2D eigenvalue weighted by atomic mass is 32.2. The molecule has 0 aliphatic carbocycles. The van der Waals surface area contributed by atoms with Gasteiger partial charge in [-0.2, -0.15) is 0 Å². The Bertz CT molecular complexity index is 959. The molecule has 5 nitrogen and oxygen atoms in total. The van der Waals surface area contributed by atoms with Crippen LogP contribution in [0.25, 0.3) is 0 Å². The first-order chi connectivity index (χ1) is 13.6. The van der Waals surface area contributed by atoms with E-state index in [2.05, 4.69) is 10.3 Å². The minimum absolute atomic E-state index is 0.332. The molecule has 1 aromatic heterocycles. The minimum atomic E-state index is -1.08. The topological polar surface area (TPSA) is 68.3 Å². The molecule has 3 aromatic rings.